The fourth-order valence-corrected chi connectivity index (χ4v) is 1.70. The molecular weight excluding hydrogens is 235 g/mol. The van der Waals surface area contributed by atoms with Gasteiger partial charge >= 0.3 is 0 Å². The summed E-state index contributed by atoms with van der Waals surface area (Å²) >= 11 is 13.4. The zero-order valence-electron chi connectivity index (χ0n) is 5.88. The smallest absolute Gasteiger partial charge is 0.133 e. The highest BCUT2D eigenvalue weighted by Gasteiger charge is 2.01. The van der Waals surface area contributed by atoms with E-state index in [-0.39, 0.29) is 0 Å². The van der Waals surface area contributed by atoms with Gasteiger partial charge in [-0.1, -0.05) is 23.2 Å². The Labute approximate surface area is 89.5 Å². The van der Waals surface area contributed by atoms with Gasteiger partial charge in [0.2, 0.25) is 0 Å². The number of thioether (sulfide) groups is 2. The summed E-state index contributed by atoms with van der Waals surface area (Å²) in [5, 5.41) is 21.0. The van der Waals surface area contributed by atoms with Crippen LogP contribution >= 0.6 is 46.7 Å². The summed E-state index contributed by atoms with van der Waals surface area (Å²) in [5.74, 6) is 0.756. The molecule has 0 aliphatic heterocycles. The molecule has 0 bridgehead atoms. The number of thiocyanates is 2. The van der Waals surface area contributed by atoms with Crippen LogP contribution < -0.4 is 0 Å². The lowest BCUT2D eigenvalue weighted by Crippen LogP contribution is -1.84. The molecule has 0 fully saturated rings. The maximum atomic E-state index is 8.20. The Hall–Kier alpha value is -0.0000000000000000555. The van der Waals surface area contributed by atoms with Crippen molar-refractivity contribution in [2.75, 3.05) is 11.5 Å². The number of hydrogen-bond acceptors (Lipinski definition) is 4. The topological polar surface area (TPSA) is 47.6 Å². The Balaban J connectivity index is 3.92. The second-order valence-corrected chi connectivity index (χ2v) is 4.00. The molecule has 0 aromatic carbocycles. The zero-order valence-corrected chi connectivity index (χ0v) is 9.03. The van der Waals surface area contributed by atoms with Crippen LogP contribution in [0.2, 0.25) is 0 Å². The van der Waals surface area contributed by atoms with Gasteiger partial charge in [-0.3, -0.25) is 0 Å². The molecular formula is C6H4Cl2N2S2. The molecule has 0 N–H and O–H groups in total. The van der Waals surface area contributed by atoms with E-state index in [1.807, 2.05) is 10.8 Å². The first-order valence-corrected chi connectivity index (χ1v) is 5.50. The van der Waals surface area contributed by atoms with Crippen molar-refractivity contribution in [3.63, 3.8) is 0 Å². The first-order chi connectivity index (χ1) is 5.72. The van der Waals surface area contributed by atoms with Crippen molar-refractivity contribution in [2.24, 2.45) is 0 Å². The Bertz CT molecular complexity index is 225. The van der Waals surface area contributed by atoms with Crippen molar-refractivity contribution >= 4 is 46.7 Å². The Morgan fingerprint density at radius 1 is 1.00 bits per heavy atom. The van der Waals surface area contributed by atoms with E-state index in [9.17, 15) is 0 Å². The number of hydrogen-bond donors (Lipinski definition) is 0. The van der Waals surface area contributed by atoms with E-state index in [0.717, 1.165) is 23.5 Å². The molecule has 64 valence electrons. The van der Waals surface area contributed by atoms with Gasteiger partial charge in [-0.05, 0) is 23.5 Å². The van der Waals surface area contributed by atoms with E-state index in [4.69, 9.17) is 33.7 Å². The summed E-state index contributed by atoms with van der Waals surface area (Å²) < 4.78 is 0. The zero-order chi connectivity index (χ0) is 9.40. The Kier molecular flexibility index (Phi) is 7.64. The largest absolute Gasteiger partial charge is 0.185 e. The molecule has 0 aliphatic rings. The molecule has 0 spiro atoms. The molecule has 0 radical (unpaired) electrons. The molecule has 0 saturated heterocycles. The third-order valence-corrected chi connectivity index (χ3v) is 3.08. The number of nitrogens with zero attached hydrogens (tertiary/aromatic N) is 2. The monoisotopic (exact) mass is 238 g/mol. The van der Waals surface area contributed by atoms with Crippen LogP contribution in [0, 0.1) is 21.3 Å². The molecule has 0 aliphatic carbocycles. The second-order valence-electron chi connectivity index (χ2n) is 1.57. The van der Waals surface area contributed by atoms with E-state index in [1.54, 1.807) is 0 Å². The molecule has 6 heteroatoms. The van der Waals surface area contributed by atoms with E-state index >= 15 is 0 Å². The molecule has 0 unspecified atom stereocenters. The van der Waals surface area contributed by atoms with Crippen LogP contribution in [0.25, 0.3) is 0 Å². The van der Waals surface area contributed by atoms with Gasteiger partial charge in [-0.15, -0.1) is 0 Å². The molecule has 0 heterocycles. The quantitative estimate of drug-likeness (QED) is 0.707. The summed E-state index contributed by atoms with van der Waals surface area (Å²) in [4.78, 5) is 0. The fraction of sp³-hybridized carbons (Fsp3) is 0.333. The lowest BCUT2D eigenvalue weighted by molar-refractivity contribution is 1.54. The van der Waals surface area contributed by atoms with Crippen molar-refractivity contribution in [3.05, 3.63) is 10.1 Å². The second kappa shape index (κ2) is 7.64. The molecule has 0 aromatic heterocycles. The predicted octanol–water partition coefficient (Wildman–Crippen LogP) is 3.10. The Morgan fingerprint density at radius 3 is 1.58 bits per heavy atom. The van der Waals surface area contributed by atoms with E-state index in [1.165, 1.54) is 0 Å². The highest BCUT2D eigenvalue weighted by atomic mass is 35.5. The minimum Gasteiger partial charge on any atom is -0.185 e. The highest BCUT2D eigenvalue weighted by molar-refractivity contribution is 8.04. The van der Waals surface area contributed by atoms with Gasteiger partial charge in [0.15, 0.2) is 0 Å². The van der Waals surface area contributed by atoms with Crippen molar-refractivity contribution in [1.29, 1.82) is 10.5 Å². The third-order valence-electron chi connectivity index (χ3n) is 0.821. The van der Waals surface area contributed by atoms with Gasteiger partial charge in [-0.25, -0.2) is 0 Å². The van der Waals surface area contributed by atoms with Crippen molar-refractivity contribution in [1.82, 2.24) is 0 Å². The molecule has 0 aromatic rings. The van der Waals surface area contributed by atoms with Crippen LogP contribution in [0.5, 0.6) is 0 Å². The summed E-state index contributed by atoms with van der Waals surface area (Å²) in [6.07, 6.45) is 0. The van der Waals surface area contributed by atoms with Gasteiger partial charge in [-0.2, -0.15) is 10.5 Å². The molecule has 0 amide bonds. The van der Waals surface area contributed by atoms with Crippen molar-refractivity contribution in [3.8, 4) is 10.8 Å². The SMILES string of the molecule is N#CSCC(Cl)=C(Cl)CSC#N. The van der Waals surface area contributed by atoms with Crippen LogP contribution in [0.3, 0.4) is 0 Å². The molecule has 0 rings (SSSR count). The van der Waals surface area contributed by atoms with Gasteiger partial charge in [0.05, 0.1) is 0 Å². The van der Waals surface area contributed by atoms with Crippen molar-refractivity contribution in [2.45, 2.75) is 0 Å². The Morgan fingerprint density at radius 2 is 1.33 bits per heavy atom. The van der Waals surface area contributed by atoms with Gasteiger partial charge in [0.1, 0.15) is 10.8 Å². The lowest BCUT2D eigenvalue weighted by atomic mass is 10.6. The average Bonchev–Trinajstić information content (AvgIpc) is 2.10. The minimum atomic E-state index is 0.378. The van der Waals surface area contributed by atoms with Crippen LogP contribution in [0.15, 0.2) is 10.1 Å². The van der Waals surface area contributed by atoms with Crippen LogP contribution in [0.1, 0.15) is 0 Å². The summed E-state index contributed by atoms with van der Waals surface area (Å²) in [5.41, 5.74) is 0. The molecule has 2 nitrogen and oxygen atoms in total. The number of halogens is 2. The van der Waals surface area contributed by atoms with Crippen LogP contribution in [0.4, 0.5) is 0 Å². The minimum absolute atomic E-state index is 0.378. The van der Waals surface area contributed by atoms with E-state index in [0.29, 0.717) is 21.6 Å². The first-order valence-electron chi connectivity index (χ1n) is 2.77. The number of rotatable bonds is 4. The third kappa shape index (κ3) is 5.62. The summed E-state index contributed by atoms with van der Waals surface area (Å²) in [6, 6.07) is 0. The maximum absolute atomic E-state index is 8.20. The van der Waals surface area contributed by atoms with Crippen LogP contribution in [-0.2, 0) is 0 Å². The molecule has 0 atom stereocenters. The van der Waals surface area contributed by atoms with Gasteiger partial charge in [0, 0.05) is 21.6 Å². The average molecular weight is 239 g/mol. The molecule has 0 saturated carbocycles. The fourth-order valence-electron chi connectivity index (χ4n) is 0.348. The predicted molar refractivity (Wildman–Crippen MR) is 54.9 cm³/mol. The number of nitriles is 2. The first kappa shape index (κ1) is 12.0. The molecule has 12 heavy (non-hydrogen) atoms. The standard InChI is InChI=1S/C6H4Cl2N2S2/c7-5(1-11-3-9)6(8)2-12-4-10/h1-2H2. The lowest BCUT2D eigenvalue weighted by Gasteiger charge is -1.96. The summed E-state index contributed by atoms with van der Waals surface area (Å²) in [7, 11) is 0. The maximum Gasteiger partial charge on any atom is 0.133 e. The van der Waals surface area contributed by atoms with Gasteiger partial charge in [0.25, 0.3) is 0 Å². The summed E-state index contributed by atoms with van der Waals surface area (Å²) in [6.45, 7) is 0. The normalized spacial score (nSPS) is 11.3. The van der Waals surface area contributed by atoms with Gasteiger partial charge < -0.3 is 0 Å². The van der Waals surface area contributed by atoms with Crippen LogP contribution in [-0.4, -0.2) is 11.5 Å². The van der Waals surface area contributed by atoms with Crippen molar-refractivity contribution < 1.29 is 0 Å². The van der Waals surface area contributed by atoms with E-state index < -0.39 is 0 Å². The van der Waals surface area contributed by atoms with E-state index in [2.05, 4.69) is 0 Å². The highest BCUT2D eigenvalue weighted by Crippen LogP contribution is 2.21.